The van der Waals surface area contributed by atoms with Gasteiger partial charge in [-0.2, -0.15) is 0 Å². The van der Waals surface area contributed by atoms with Gasteiger partial charge in [0.05, 0.1) is 4.92 Å². The summed E-state index contributed by atoms with van der Waals surface area (Å²) in [7, 11) is 0. The van der Waals surface area contributed by atoms with Gasteiger partial charge in [-0.15, -0.1) is 0 Å². The van der Waals surface area contributed by atoms with Crippen molar-refractivity contribution in [3.63, 3.8) is 0 Å². The van der Waals surface area contributed by atoms with Crippen LogP contribution >= 0.6 is 0 Å². The predicted molar refractivity (Wildman–Crippen MR) is 77.9 cm³/mol. The van der Waals surface area contributed by atoms with E-state index >= 15 is 0 Å². The van der Waals surface area contributed by atoms with Gasteiger partial charge >= 0.3 is 0 Å². The summed E-state index contributed by atoms with van der Waals surface area (Å²) >= 11 is 0. The summed E-state index contributed by atoms with van der Waals surface area (Å²) in [6.45, 7) is 0. The number of nitrogens with zero attached hydrogens (tertiary/aromatic N) is 2. The van der Waals surface area contributed by atoms with Gasteiger partial charge in [0, 0.05) is 29.4 Å². The molecule has 21 heavy (non-hydrogen) atoms. The van der Waals surface area contributed by atoms with Gasteiger partial charge in [0.1, 0.15) is 5.75 Å². The average molecular weight is 282 g/mol. The molecule has 0 atom stereocenters. The molecule has 0 aliphatic rings. The lowest BCUT2D eigenvalue weighted by molar-refractivity contribution is -0.384. The molecule has 0 aliphatic carbocycles. The fraction of sp³-hybridized carbons (Fsp3) is 0. The zero-order valence-electron chi connectivity index (χ0n) is 10.8. The first-order valence-corrected chi connectivity index (χ1v) is 6.15. The first-order chi connectivity index (χ1) is 10.1. The number of nitro benzene ring substituents is 1. The number of aromatic hydroxyl groups is 1. The number of nitro groups is 1. The summed E-state index contributed by atoms with van der Waals surface area (Å²) in [5.41, 5.74) is 0.263. The summed E-state index contributed by atoms with van der Waals surface area (Å²) in [4.78, 5) is 22.6. The summed E-state index contributed by atoms with van der Waals surface area (Å²) in [6.07, 6.45) is 1.57. The monoisotopic (exact) mass is 282 g/mol. The number of fused-ring (bicyclic) bond motifs is 1. The smallest absolute Gasteiger partial charge is 0.269 e. The van der Waals surface area contributed by atoms with E-state index in [1.807, 2.05) is 0 Å². The molecule has 0 saturated carbocycles. The summed E-state index contributed by atoms with van der Waals surface area (Å²) < 4.78 is 1.41. The van der Waals surface area contributed by atoms with Crippen LogP contribution in [0.5, 0.6) is 5.75 Å². The molecule has 104 valence electrons. The Bertz CT molecular complexity index is 898. The van der Waals surface area contributed by atoms with E-state index in [0.29, 0.717) is 16.5 Å². The van der Waals surface area contributed by atoms with Crippen LogP contribution in [0.2, 0.25) is 0 Å². The van der Waals surface area contributed by atoms with Crippen molar-refractivity contribution < 1.29 is 10.0 Å². The van der Waals surface area contributed by atoms with E-state index in [0.717, 1.165) is 0 Å². The minimum atomic E-state index is -0.490. The Balaban J connectivity index is 2.16. The molecule has 1 heterocycles. The van der Waals surface area contributed by atoms with Crippen molar-refractivity contribution in [2.45, 2.75) is 0 Å². The molecule has 0 fully saturated rings. The van der Waals surface area contributed by atoms with Crippen LogP contribution in [0.25, 0.3) is 16.5 Å². The third-order valence-electron chi connectivity index (χ3n) is 3.23. The Hall–Kier alpha value is -3.15. The van der Waals surface area contributed by atoms with Crippen molar-refractivity contribution in [3.05, 3.63) is 75.2 Å². The van der Waals surface area contributed by atoms with Crippen molar-refractivity contribution in [1.82, 2.24) is 4.57 Å². The van der Waals surface area contributed by atoms with Crippen molar-refractivity contribution in [2.24, 2.45) is 0 Å². The fourth-order valence-electron chi connectivity index (χ4n) is 2.17. The summed E-state index contributed by atoms with van der Waals surface area (Å²) in [5.74, 6) is 0.0926. The normalized spacial score (nSPS) is 10.7. The van der Waals surface area contributed by atoms with Crippen LogP contribution in [-0.2, 0) is 0 Å². The standard InChI is InChI=1S/C15H10N2O4/c18-13-5-6-14-10(9-13)7-8-16(15(14)19)11-1-3-12(4-2-11)17(20)21/h1-9,18H. The number of phenolic OH excluding ortho intramolecular Hbond substituents is 1. The maximum absolute atomic E-state index is 12.4. The second kappa shape index (κ2) is 4.75. The van der Waals surface area contributed by atoms with E-state index in [1.54, 1.807) is 18.3 Å². The Morgan fingerprint density at radius 2 is 1.76 bits per heavy atom. The van der Waals surface area contributed by atoms with Gasteiger partial charge in [-0.05, 0) is 41.8 Å². The van der Waals surface area contributed by atoms with Crippen LogP contribution in [0.15, 0.2) is 59.5 Å². The zero-order valence-corrected chi connectivity index (χ0v) is 10.8. The lowest BCUT2D eigenvalue weighted by atomic mass is 10.1. The van der Waals surface area contributed by atoms with Gasteiger partial charge in [-0.1, -0.05) is 0 Å². The second-order valence-electron chi connectivity index (χ2n) is 4.54. The highest BCUT2D eigenvalue weighted by atomic mass is 16.6. The number of non-ortho nitro benzene ring substituents is 1. The molecular weight excluding hydrogens is 272 g/mol. The Morgan fingerprint density at radius 3 is 2.43 bits per heavy atom. The summed E-state index contributed by atoms with van der Waals surface area (Å²) in [5, 5.41) is 21.2. The molecule has 0 amide bonds. The number of pyridine rings is 1. The lowest BCUT2D eigenvalue weighted by Gasteiger charge is -2.07. The first-order valence-electron chi connectivity index (χ1n) is 6.15. The molecule has 0 spiro atoms. The van der Waals surface area contributed by atoms with Gasteiger partial charge in [-0.25, -0.2) is 0 Å². The number of rotatable bonds is 2. The molecule has 0 aliphatic heterocycles. The topological polar surface area (TPSA) is 85.4 Å². The van der Waals surface area contributed by atoms with Crippen molar-refractivity contribution >= 4 is 16.5 Å². The molecular formula is C15H10N2O4. The highest BCUT2D eigenvalue weighted by Crippen LogP contribution is 2.19. The van der Waals surface area contributed by atoms with Crippen LogP contribution in [0.3, 0.4) is 0 Å². The maximum atomic E-state index is 12.4. The van der Waals surface area contributed by atoms with E-state index in [9.17, 15) is 20.0 Å². The van der Waals surface area contributed by atoms with E-state index in [2.05, 4.69) is 0 Å². The van der Waals surface area contributed by atoms with Crippen LogP contribution in [0.1, 0.15) is 0 Å². The Kier molecular flexibility index (Phi) is 2.91. The molecule has 0 bridgehead atoms. The van der Waals surface area contributed by atoms with Crippen LogP contribution < -0.4 is 5.56 Å². The SMILES string of the molecule is O=c1c2ccc(O)cc2ccn1-c1ccc([N+](=O)[O-])cc1. The van der Waals surface area contributed by atoms with Crippen molar-refractivity contribution in [3.8, 4) is 11.4 Å². The predicted octanol–water partition coefficient (Wildman–Crippen LogP) is 2.60. The molecule has 3 rings (SSSR count). The van der Waals surface area contributed by atoms with Crippen LogP contribution in [0, 0.1) is 10.1 Å². The largest absolute Gasteiger partial charge is 0.508 e. The molecule has 0 radical (unpaired) electrons. The van der Waals surface area contributed by atoms with Gasteiger partial charge in [0.2, 0.25) is 0 Å². The highest BCUT2D eigenvalue weighted by Gasteiger charge is 2.08. The number of aromatic nitrogens is 1. The van der Waals surface area contributed by atoms with Gasteiger partial charge in [0.15, 0.2) is 0 Å². The van der Waals surface area contributed by atoms with Crippen LogP contribution in [-0.4, -0.2) is 14.6 Å². The van der Waals surface area contributed by atoms with Crippen molar-refractivity contribution in [2.75, 3.05) is 0 Å². The lowest BCUT2D eigenvalue weighted by Crippen LogP contribution is -2.17. The van der Waals surface area contributed by atoms with Gasteiger partial charge < -0.3 is 5.11 Å². The van der Waals surface area contributed by atoms with E-state index in [1.165, 1.54) is 41.0 Å². The van der Waals surface area contributed by atoms with E-state index < -0.39 is 4.92 Å². The fourth-order valence-corrected chi connectivity index (χ4v) is 2.17. The molecule has 2 aromatic carbocycles. The third kappa shape index (κ3) is 2.23. The molecule has 1 N–H and O–H groups in total. The van der Waals surface area contributed by atoms with Crippen LogP contribution in [0.4, 0.5) is 5.69 Å². The number of phenols is 1. The molecule has 6 nitrogen and oxygen atoms in total. The number of hydrogen-bond acceptors (Lipinski definition) is 4. The quantitative estimate of drug-likeness (QED) is 0.578. The second-order valence-corrected chi connectivity index (χ2v) is 4.54. The average Bonchev–Trinajstić information content (AvgIpc) is 2.47. The van der Waals surface area contributed by atoms with Gasteiger partial charge in [0.25, 0.3) is 11.2 Å². The summed E-state index contributed by atoms with van der Waals surface area (Å²) in [6, 6.07) is 12.0. The molecule has 1 aromatic heterocycles. The Morgan fingerprint density at radius 1 is 1.05 bits per heavy atom. The Labute approximate surface area is 118 Å². The van der Waals surface area contributed by atoms with E-state index in [-0.39, 0.29) is 17.0 Å². The minimum absolute atomic E-state index is 0.0301. The van der Waals surface area contributed by atoms with Gasteiger partial charge in [-0.3, -0.25) is 19.5 Å². The third-order valence-corrected chi connectivity index (χ3v) is 3.23. The molecule has 0 saturated heterocycles. The highest BCUT2D eigenvalue weighted by molar-refractivity contribution is 5.83. The first kappa shape index (κ1) is 12.9. The zero-order chi connectivity index (χ0) is 15.0. The van der Waals surface area contributed by atoms with E-state index in [4.69, 9.17) is 0 Å². The molecule has 0 unspecified atom stereocenters. The number of hydrogen-bond donors (Lipinski definition) is 1. The number of benzene rings is 2. The molecule has 6 heteroatoms. The minimum Gasteiger partial charge on any atom is -0.508 e. The van der Waals surface area contributed by atoms with Crippen molar-refractivity contribution in [1.29, 1.82) is 0 Å². The maximum Gasteiger partial charge on any atom is 0.269 e. The molecule has 3 aromatic rings.